The Kier molecular flexibility index (Phi) is 1.53. The van der Waals surface area contributed by atoms with Gasteiger partial charge in [-0.1, -0.05) is 12.2 Å². The van der Waals surface area contributed by atoms with Crippen molar-refractivity contribution >= 4 is 0 Å². The van der Waals surface area contributed by atoms with Gasteiger partial charge >= 0.3 is 0 Å². The van der Waals surface area contributed by atoms with Gasteiger partial charge in [-0.05, 0) is 31.1 Å². The lowest BCUT2D eigenvalue weighted by Gasteiger charge is -2.31. The molecule has 10 heavy (non-hydrogen) atoms. The second kappa shape index (κ2) is 2.39. The fourth-order valence-electron chi connectivity index (χ4n) is 1.98. The largest absolute Gasteiger partial charge is 0.381 e. The molecule has 2 rings (SSSR count). The van der Waals surface area contributed by atoms with Crippen LogP contribution in [0.15, 0.2) is 12.2 Å². The number of rotatable bonds is 0. The minimum absolute atomic E-state index is 0.568. The van der Waals surface area contributed by atoms with Gasteiger partial charge in [0.25, 0.3) is 0 Å². The van der Waals surface area contributed by atoms with Gasteiger partial charge in [0.2, 0.25) is 0 Å². The van der Waals surface area contributed by atoms with E-state index in [0.29, 0.717) is 5.41 Å². The molecule has 0 atom stereocenters. The first-order valence-electron chi connectivity index (χ1n) is 4.17. The van der Waals surface area contributed by atoms with Crippen molar-refractivity contribution in [3.63, 3.8) is 0 Å². The van der Waals surface area contributed by atoms with Crippen LogP contribution < -0.4 is 0 Å². The van der Waals surface area contributed by atoms with E-state index in [2.05, 4.69) is 12.2 Å². The minimum Gasteiger partial charge on any atom is -0.381 e. The van der Waals surface area contributed by atoms with Gasteiger partial charge in [0.15, 0.2) is 0 Å². The Labute approximate surface area is 62.1 Å². The Hall–Kier alpha value is -0.300. The van der Waals surface area contributed by atoms with Gasteiger partial charge in [0.1, 0.15) is 0 Å². The Balaban J connectivity index is 2.05. The fourth-order valence-corrected chi connectivity index (χ4v) is 1.98. The van der Waals surface area contributed by atoms with Gasteiger partial charge in [-0.3, -0.25) is 0 Å². The zero-order chi connectivity index (χ0) is 6.86. The topological polar surface area (TPSA) is 9.23 Å². The number of hydrogen-bond donors (Lipinski definition) is 0. The zero-order valence-electron chi connectivity index (χ0n) is 6.31. The van der Waals surface area contributed by atoms with Crippen LogP contribution in [0.2, 0.25) is 0 Å². The van der Waals surface area contributed by atoms with Gasteiger partial charge in [0, 0.05) is 13.2 Å². The molecule has 1 aliphatic heterocycles. The van der Waals surface area contributed by atoms with Gasteiger partial charge in [-0.2, -0.15) is 0 Å². The third kappa shape index (κ3) is 0.988. The maximum absolute atomic E-state index is 5.32. The first kappa shape index (κ1) is 6.41. The van der Waals surface area contributed by atoms with Gasteiger partial charge in [0.05, 0.1) is 0 Å². The van der Waals surface area contributed by atoms with Crippen LogP contribution >= 0.6 is 0 Å². The van der Waals surface area contributed by atoms with E-state index in [1.807, 2.05) is 0 Å². The average molecular weight is 138 g/mol. The highest BCUT2D eigenvalue weighted by Crippen LogP contribution is 2.40. The molecule has 0 unspecified atom stereocenters. The lowest BCUT2D eigenvalue weighted by Crippen LogP contribution is -2.25. The minimum atomic E-state index is 0.568. The SMILES string of the molecule is C1=CC2(CC1)CCOCC2. The molecule has 1 spiro atoms. The third-order valence-electron chi connectivity index (χ3n) is 2.77. The van der Waals surface area contributed by atoms with E-state index < -0.39 is 0 Å². The molecule has 1 aliphatic carbocycles. The maximum atomic E-state index is 5.32. The van der Waals surface area contributed by atoms with Crippen molar-refractivity contribution in [2.75, 3.05) is 13.2 Å². The van der Waals surface area contributed by atoms with E-state index in [4.69, 9.17) is 4.74 Å². The highest BCUT2D eigenvalue weighted by molar-refractivity contribution is 5.07. The second-order valence-electron chi connectivity index (χ2n) is 3.42. The van der Waals surface area contributed by atoms with Crippen LogP contribution in [-0.4, -0.2) is 13.2 Å². The summed E-state index contributed by atoms with van der Waals surface area (Å²) in [7, 11) is 0. The van der Waals surface area contributed by atoms with Crippen molar-refractivity contribution < 1.29 is 4.74 Å². The first-order valence-corrected chi connectivity index (χ1v) is 4.17. The molecule has 2 aliphatic rings. The lowest BCUT2D eigenvalue weighted by molar-refractivity contribution is 0.0373. The molecule has 0 saturated carbocycles. The average Bonchev–Trinajstić information content (AvgIpc) is 2.39. The predicted octanol–water partition coefficient (Wildman–Crippen LogP) is 2.13. The summed E-state index contributed by atoms with van der Waals surface area (Å²) in [6.07, 6.45) is 9.91. The third-order valence-corrected chi connectivity index (χ3v) is 2.77. The monoisotopic (exact) mass is 138 g/mol. The van der Waals surface area contributed by atoms with E-state index in [1.165, 1.54) is 25.7 Å². The van der Waals surface area contributed by atoms with E-state index in [9.17, 15) is 0 Å². The highest BCUT2D eigenvalue weighted by Gasteiger charge is 2.31. The molecule has 56 valence electrons. The van der Waals surface area contributed by atoms with Gasteiger partial charge in [-0.25, -0.2) is 0 Å². The molecule has 1 saturated heterocycles. The molecule has 0 aromatic carbocycles. The Bertz CT molecular complexity index is 143. The van der Waals surface area contributed by atoms with Crippen molar-refractivity contribution in [1.82, 2.24) is 0 Å². The van der Waals surface area contributed by atoms with Crippen LogP contribution in [0.1, 0.15) is 25.7 Å². The van der Waals surface area contributed by atoms with E-state index >= 15 is 0 Å². The molecule has 0 amide bonds. The summed E-state index contributed by atoms with van der Waals surface area (Å²) < 4.78 is 5.32. The van der Waals surface area contributed by atoms with Crippen molar-refractivity contribution in [2.24, 2.45) is 5.41 Å². The van der Waals surface area contributed by atoms with Crippen LogP contribution in [0.3, 0.4) is 0 Å². The molecule has 0 radical (unpaired) electrons. The second-order valence-corrected chi connectivity index (χ2v) is 3.42. The molecule has 1 nitrogen and oxygen atoms in total. The highest BCUT2D eigenvalue weighted by atomic mass is 16.5. The van der Waals surface area contributed by atoms with Crippen LogP contribution in [0, 0.1) is 5.41 Å². The summed E-state index contributed by atoms with van der Waals surface area (Å²) in [6.45, 7) is 1.95. The molecule has 0 N–H and O–H groups in total. The van der Waals surface area contributed by atoms with Gasteiger partial charge < -0.3 is 4.74 Å². The van der Waals surface area contributed by atoms with Crippen LogP contribution in [0.25, 0.3) is 0 Å². The van der Waals surface area contributed by atoms with E-state index in [-0.39, 0.29) is 0 Å². The van der Waals surface area contributed by atoms with Crippen molar-refractivity contribution in [1.29, 1.82) is 0 Å². The normalized spacial score (nSPS) is 29.6. The molecule has 1 heteroatoms. The van der Waals surface area contributed by atoms with Crippen molar-refractivity contribution in [2.45, 2.75) is 25.7 Å². The summed E-state index contributed by atoms with van der Waals surface area (Å²) in [6, 6.07) is 0. The summed E-state index contributed by atoms with van der Waals surface area (Å²) in [4.78, 5) is 0. The Morgan fingerprint density at radius 1 is 1.10 bits per heavy atom. The summed E-state index contributed by atoms with van der Waals surface area (Å²) in [5, 5.41) is 0. The van der Waals surface area contributed by atoms with Crippen molar-refractivity contribution in [3.05, 3.63) is 12.2 Å². The molecular formula is C9H14O. The summed E-state index contributed by atoms with van der Waals surface area (Å²) in [5.74, 6) is 0. The smallest absolute Gasteiger partial charge is 0.0474 e. The first-order chi connectivity index (χ1) is 4.91. The molecule has 1 heterocycles. The quantitative estimate of drug-likeness (QED) is 0.466. The molecule has 0 aromatic rings. The van der Waals surface area contributed by atoms with Gasteiger partial charge in [-0.15, -0.1) is 0 Å². The van der Waals surface area contributed by atoms with Crippen LogP contribution in [-0.2, 0) is 4.74 Å². The fraction of sp³-hybridized carbons (Fsp3) is 0.778. The number of hydrogen-bond acceptors (Lipinski definition) is 1. The molecule has 1 fully saturated rings. The molecule has 0 aromatic heterocycles. The maximum Gasteiger partial charge on any atom is 0.0474 e. The van der Waals surface area contributed by atoms with Crippen LogP contribution in [0.5, 0.6) is 0 Å². The lowest BCUT2D eigenvalue weighted by atomic mass is 9.80. The number of allylic oxidation sites excluding steroid dienone is 2. The Morgan fingerprint density at radius 2 is 1.90 bits per heavy atom. The van der Waals surface area contributed by atoms with Crippen molar-refractivity contribution in [3.8, 4) is 0 Å². The predicted molar refractivity (Wildman–Crippen MR) is 40.9 cm³/mol. The summed E-state index contributed by atoms with van der Waals surface area (Å²) >= 11 is 0. The van der Waals surface area contributed by atoms with E-state index in [1.54, 1.807) is 0 Å². The standard InChI is InChI=1S/C9H14O/c1-2-4-9(3-1)5-7-10-8-6-9/h1,3H,2,4-8H2. The Morgan fingerprint density at radius 3 is 2.50 bits per heavy atom. The summed E-state index contributed by atoms with van der Waals surface area (Å²) in [5.41, 5.74) is 0.568. The molecule has 0 bridgehead atoms. The van der Waals surface area contributed by atoms with E-state index in [0.717, 1.165) is 13.2 Å². The number of ether oxygens (including phenoxy) is 1. The zero-order valence-corrected chi connectivity index (χ0v) is 6.31. The molecular weight excluding hydrogens is 124 g/mol. The van der Waals surface area contributed by atoms with Crippen LogP contribution in [0.4, 0.5) is 0 Å².